The standard InChI is InChI=1S/C16H18FN3O.C2H6/c1-4-6-12(5-2)9-18-16(21)15-11(3)19-14-8-7-13(17)10-20(14)15;1-2/h4-8,10H,9H2,1-3H3,(H,18,21);1-2H3/b6-4-,12-5+;. The van der Waals surface area contributed by atoms with Gasteiger partial charge in [0.25, 0.3) is 5.91 Å². The maximum absolute atomic E-state index is 13.4. The molecule has 0 fully saturated rings. The number of amides is 1. The summed E-state index contributed by atoms with van der Waals surface area (Å²) in [6.07, 6.45) is 7.05. The second kappa shape index (κ2) is 8.88. The topological polar surface area (TPSA) is 46.4 Å². The van der Waals surface area contributed by atoms with Gasteiger partial charge >= 0.3 is 0 Å². The number of carbonyl (C=O) groups is 1. The second-order valence-electron chi connectivity index (χ2n) is 4.67. The molecule has 5 heteroatoms. The molecular weight excluding hydrogens is 293 g/mol. The summed E-state index contributed by atoms with van der Waals surface area (Å²) in [5.74, 6) is -0.675. The number of aromatic nitrogens is 2. The predicted octanol–water partition coefficient (Wildman–Crippen LogP) is 4.06. The van der Waals surface area contributed by atoms with Gasteiger partial charge in [-0.25, -0.2) is 9.37 Å². The number of fused-ring (bicyclic) bond motifs is 1. The molecule has 2 aromatic heterocycles. The molecule has 0 aliphatic heterocycles. The summed E-state index contributed by atoms with van der Waals surface area (Å²) in [5, 5.41) is 2.83. The van der Waals surface area contributed by atoms with Crippen LogP contribution in [0, 0.1) is 12.7 Å². The highest BCUT2D eigenvalue weighted by atomic mass is 19.1. The zero-order chi connectivity index (χ0) is 17.4. The van der Waals surface area contributed by atoms with E-state index in [0.29, 0.717) is 23.6 Å². The van der Waals surface area contributed by atoms with Crippen LogP contribution in [-0.2, 0) is 0 Å². The van der Waals surface area contributed by atoms with Crippen LogP contribution in [0.4, 0.5) is 4.39 Å². The van der Waals surface area contributed by atoms with Crippen LogP contribution in [0.1, 0.15) is 43.9 Å². The van der Waals surface area contributed by atoms with E-state index in [2.05, 4.69) is 10.3 Å². The minimum Gasteiger partial charge on any atom is -0.347 e. The molecule has 0 saturated heterocycles. The van der Waals surface area contributed by atoms with Gasteiger partial charge in [0.2, 0.25) is 0 Å². The van der Waals surface area contributed by atoms with Crippen molar-refractivity contribution in [1.82, 2.24) is 14.7 Å². The summed E-state index contributed by atoms with van der Waals surface area (Å²) in [6.45, 7) is 9.99. The van der Waals surface area contributed by atoms with Crippen LogP contribution in [0.15, 0.2) is 42.1 Å². The number of halogens is 1. The maximum atomic E-state index is 13.4. The van der Waals surface area contributed by atoms with Crippen LogP contribution in [0.3, 0.4) is 0 Å². The lowest BCUT2D eigenvalue weighted by Crippen LogP contribution is -2.27. The van der Waals surface area contributed by atoms with Gasteiger partial charge in [-0.2, -0.15) is 0 Å². The Hall–Kier alpha value is -2.43. The number of nitrogens with one attached hydrogen (secondary N) is 1. The first-order valence-electron chi connectivity index (χ1n) is 7.77. The van der Waals surface area contributed by atoms with E-state index in [4.69, 9.17) is 0 Å². The Morgan fingerprint density at radius 3 is 2.65 bits per heavy atom. The van der Waals surface area contributed by atoms with Gasteiger partial charge in [0.15, 0.2) is 0 Å². The number of rotatable bonds is 4. The first kappa shape index (κ1) is 18.6. The summed E-state index contributed by atoms with van der Waals surface area (Å²) in [5.41, 5.74) is 2.49. The van der Waals surface area contributed by atoms with Crippen LogP contribution in [0.5, 0.6) is 0 Å². The SMILES string of the molecule is C/C=C\C(=C/C)CNC(=O)c1c(C)nc2ccc(F)cn12.CC. The Morgan fingerprint density at radius 2 is 2.04 bits per heavy atom. The van der Waals surface area contributed by atoms with Crippen molar-refractivity contribution in [3.63, 3.8) is 0 Å². The molecule has 0 aliphatic carbocycles. The normalized spacial score (nSPS) is 11.5. The molecule has 0 aromatic carbocycles. The summed E-state index contributed by atoms with van der Waals surface area (Å²) < 4.78 is 14.8. The third-order valence-electron chi connectivity index (χ3n) is 3.18. The molecule has 2 heterocycles. The van der Waals surface area contributed by atoms with Gasteiger partial charge in [-0.1, -0.05) is 32.1 Å². The lowest BCUT2D eigenvalue weighted by atomic mass is 10.2. The van der Waals surface area contributed by atoms with E-state index < -0.39 is 5.82 Å². The number of imidazole rings is 1. The zero-order valence-electron chi connectivity index (χ0n) is 14.4. The number of hydrogen-bond donors (Lipinski definition) is 1. The lowest BCUT2D eigenvalue weighted by molar-refractivity contribution is 0.0950. The van der Waals surface area contributed by atoms with Crippen LogP contribution >= 0.6 is 0 Å². The van der Waals surface area contributed by atoms with Crippen molar-refractivity contribution in [2.24, 2.45) is 0 Å². The van der Waals surface area contributed by atoms with Gasteiger partial charge in [0.05, 0.1) is 5.69 Å². The number of allylic oxidation sites excluding steroid dienone is 2. The second-order valence-corrected chi connectivity index (χ2v) is 4.67. The molecule has 0 bridgehead atoms. The monoisotopic (exact) mass is 317 g/mol. The molecule has 0 atom stereocenters. The number of hydrogen-bond acceptors (Lipinski definition) is 2. The van der Waals surface area contributed by atoms with Crippen molar-refractivity contribution < 1.29 is 9.18 Å². The molecule has 2 rings (SSSR count). The third kappa shape index (κ3) is 4.52. The minimum absolute atomic E-state index is 0.269. The summed E-state index contributed by atoms with van der Waals surface area (Å²) >= 11 is 0. The molecule has 0 saturated carbocycles. The van der Waals surface area contributed by atoms with Crippen LogP contribution in [0.2, 0.25) is 0 Å². The quantitative estimate of drug-likeness (QED) is 0.864. The first-order chi connectivity index (χ1) is 11.1. The van der Waals surface area contributed by atoms with E-state index in [1.165, 1.54) is 16.7 Å². The van der Waals surface area contributed by atoms with Gasteiger partial charge < -0.3 is 5.32 Å². The lowest BCUT2D eigenvalue weighted by Gasteiger charge is -2.06. The smallest absolute Gasteiger partial charge is 0.270 e. The molecule has 0 aliphatic rings. The average molecular weight is 317 g/mol. The third-order valence-corrected chi connectivity index (χ3v) is 3.18. The predicted molar refractivity (Wildman–Crippen MR) is 92.1 cm³/mol. The largest absolute Gasteiger partial charge is 0.347 e. The van der Waals surface area contributed by atoms with Gasteiger partial charge in [-0.3, -0.25) is 9.20 Å². The highest BCUT2D eigenvalue weighted by Crippen LogP contribution is 2.13. The van der Waals surface area contributed by atoms with E-state index in [-0.39, 0.29) is 5.91 Å². The minimum atomic E-state index is -0.406. The average Bonchev–Trinajstić information content (AvgIpc) is 2.88. The number of aryl methyl sites for hydroxylation is 1. The molecule has 1 N–H and O–H groups in total. The van der Waals surface area contributed by atoms with E-state index in [0.717, 1.165) is 5.57 Å². The summed E-state index contributed by atoms with van der Waals surface area (Å²) in [4.78, 5) is 16.6. The molecule has 2 aromatic rings. The number of carbonyl (C=O) groups excluding carboxylic acids is 1. The molecule has 4 nitrogen and oxygen atoms in total. The van der Waals surface area contributed by atoms with Gasteiger partial charge in [-0.15, -0.1) is 0 Å². The number of pyridine rings is 1. The summed E-state index contributed by atoms with van der Waals surface area (Å²) in [7, 11) is 0. The van der Waals surface area contributed by atoms with E-state index in [9.17, 15) is 9.18 Å². The van der Waals surface area contributed by atoms with E-state index in [1.54, 1.807) is 13.0 Å². The fourth-order valence-electron chi connectivity index (χ4n) is 2.15. The first-order valence-corrected chi connectivity index (χ1v) is 7.77. The maximum Gasteiger partial charge on any atom is 0.270 e. The highest BCUT2D eigenvalue weighted by molar-refractivity contribution is 5.94. The molecule has 23 heavy (non-hydrogen) atoms. The van der Waals surface area contributed by atoms with Crippen molar-refractivity contribution >= 4 is 11.6 Å². The number of nitrogens with zero attached hydrogens (tertiary/aromatic N) is 2. The van der Waals surface area contributed by atoms with Crippen molar-refractivity contribution in [2.75, 3.05) is 6.54 Å². The van der Waals surface area contributed by atoms with Gasteiger partial charge in [0, 0.05) is 12.7 Å². The molecule has 124 valence electrons. The van der Waals surface area contributed by atoms with Gasteiger partial charge in [-0.05, 0) is 38.5 Å². The summed E-state index contributed by atoms with van der Waals surface area (Å²) in [6, 6.07) is 2.88. The van der Waals surface area contributed by atoms with E-state index >= 15 is 0 Å². The van der Waals surface area contributed by atoms with Crippen LogP contribution < -0.4 is 5.32 Å². The van der Waals surface area contributed by atoms with Crippen molar-refractivity contribution in [1.29, 1.82) is 0 Å². The van der Waals surface area contributed by atoms with Crippen molar-refractivity contribution in [3.8, 4) is 0 Å². The Kier molecular flexibility index (Phi) is 7.19. The fraction of sp³-hybridized carbons (Fsp3) is 0.333. The fourth-order valence-corrected chi connectivity index (χ4v) is 2.15. The van der Waals surface area contributed by atoms with Gasteiger partial charge in [0.1, 0.15) is 17.2 Å². The Labute approximate surface area is 136 Å². The zero-order valence-corrected chi connectivity index (χ0v) is 14.4. The van der Waals surface area contributed by atoms with E-state index in [1.807, 2.05) is 45.9 Å². The molecule has 0 radical (unpaired) electrons. The van der Waals surface area contributed by atoms with Crippen LogP contribution in [-0.4, -0.2) is 21.8 Å². The highest BCUT2D eigenvalue weighted by Gasteiger charge is 2.16. The molecule has 0 spiro atoms. The molecule has 1 amide bonds. The van der Waals surface area contributed by atoms with Crippen molar-refractivity contribution in [2.45, 2.75) is 34.6 Å². The van der Waals surface area contributed by atoms with Crippen molar-refractivity contribution in [3.05, 3.63) is 59.3 Å². The van der Waals surface area contributed by atoms with Crippen LogP contribution in [0.25, 0.3) is 5.65 Å². The Bertz CT molecular complexity index is 729. The molecule has 0 unspecified atom stereocenters. The molecular formula is C18H24FN3O. The Morgan fingerprint density at radius 1 is 1.35 bits per heavy atom. The Balaban J connectivity index is 0.00000127.